The molecule has 2 aromatic carbocycles. The topological polar surface area (TPSA) is 122 Å². The molecule has 9 nitrogen and oxygen atoms in total. The van der Waals surface area contributed by atoms with E-state index in [9.17, 15) is 21.9 Å². The molecular weight excluding hydrogens is 528 g/mol. The van der Waals surface area contributed by atoms with Crippen LogP contribution in [-0.4, -0.2) is 83.1 Å². The number of benzene rings is 2. The number of nitrogens with one attached hydrogen (secondary N) is 1. The number of rotatable bonds is 9. The highest BCUT2D eigenvalue weighted by Crippen LogP contribution is 2.37. The lowest BCUT2D eigenvalue weighted by molar-refractivity contribution is -0.0312. The van der Waals surface area contributed by atoms with Gasteiger partial charge in [0.25, 0.3) is 0 Å². The van der Waals surface area contributed by atoms with E-state index >= 15 is 0 Å². The number of sulfone groups is 1. The molecule has 2 aliphatic heterocycles. The molecule has 2 fully saturated rings. The molecule has 0 saturated carbocycles. The Labute approximate surface area is 217 Å². The largest absolute Gasteiger partial charge is 0.491 e. The molecule has 198 valence electrons. The average Bonchev–Trinajstić information content (AvgIpc) is 3.23. The van der Waals surface area contributed by atoms with Crippen LogP contribution in [0.25, 0.3) is 0 Å². The first-order valence-electron chi connectivity index (χ1n) is 11.7. The van der Waals surface area contributed by atoms with Crippen LogP contribution < -0.4 is 10.1 Å². The molecule has 0 amide bonds. The summed E-state index contributed by atoms with van der Waals surface area (Å²) in [6, 6.07) is 12.5. The first-order valence-corrected chi connectivity index (χ1v) is 15.4. The molecule has 1 spiro atoms. The number of aliphatic hydroxyl groups excluding tert-OH is 1. The Bertz CT molecular complexity index is 1280. The van der Waals surface area contributed by atoms with Gasteiger partial charge < -0.3 is 19.9 Å². The summed E-state index contributed by atoms with van der Waals surface area (Å²) in [5.74, 6) is 0.375. The number of aliphatic hydroxyl groups is 1. The fraction of sp³-hybridized carbons (Fsp3) is 0.500. The molecule has 4 rings (SSSR count). The molecule has 0 bridgehead atoms. The maximum absolute atomic E-state index is 13.0. The van der Waals surface area contributed by atoms with Crippen LogP contribution >= 0.6 is 11.6 Å². The Morgan fingerprint density at radius 1 is 1.14 bits per heavy atom. The lowest BCUT2D eigenvalue weighted by atomic mass is 9.88. The van der Waals surface area contributed by atoms with Crippen molar-refractivity contribution in [1.29, 1.82) is 0 Å². The van der Waals surface area contributed by atoms with Crippen LogP contribution in [0.3, 0.4) is 0 Å². The highest BCUT2D eigenvalue weighted by Gasteiger charge is 2.44. The second-order valence-corrected chi connectivity index (χ2v) is 13.8. The van der Waals surface area contributed by atoms with Gasteiger partial charge in [0.05, 0.1) is 22.0 Å². The molecule has 2 saturated heterocycles. The van der Waals surface area contributed by atoms with E-state index in [0.29, 0.717) is 43.3 Å². The van der Waals surface area contributed by atoms with Crippen LogP contribution in [0, 0.1) is 0 Å². The minimum Gasteiger partial charge on any atom is -0.491 e. The third-order valence-corrected chi connectivity index (χ3v) is 9.83. The number of ether oxygens (including phenoxy) is 2. The van der Waals surface area contributed by atoms with Gasteiger partial charge in [0, 0.05) is 37.0 Å². The van der Waals surface area contributed by atoms with Crippen molar-refractivity contribution in [3.8, 4) is 5.75 Å². The lowest BCUT2D eigenvalue weighted by Gasteiger charge is -2.38. The van der Waals surface area contributed by atoms with Crippen LogP contribution in [0.5, 0.6) is 5.75 Å². The fourth-order valence-electron chi connectivity index (χ4n) is 4.58. The summed E-state index contributed by atoms with van der Waals surface area (Å²) in [6.45, 7) is 1.50. The van der Waals surface area contributed by atoms with Gasteiger partial charge in [-0.1, -0.05) is 23.7 Å². The van der Waals surface area contributed by atoms with Crippen LogP contribution in [0.1, 0.15) is 19.3 Å². The SMILES string of the molecule is CS(=O)(=O)c1cccc(OC[C@@H](O)CNC2COC3(CCN(S(=O)(=O)c4cccc(Cl)c4)CC3)C2)c1. The summed E-state index contributed by atoms with van der Waals surface area (Å²) in [5, 5.41) is 14.0. The van der Waals surface area contributed by atoms with E-state index in [0.717, 1.165) is 12.7 Å². The zero-order chi connectivity index (χ0) is 26.0. The van der Waals surface area contributed by atoms with Gasteiger partial charge in [-0.25, -0.2) is 16.8 Å². The third kappa shape index (κ3) is 6.58. The summed E-state index contributed by atoms with van der Waals surface area (Å²) >= 11 is 5.97. The summed E-state index contributed by atoms with van der Waals surface area (Å²) in [7, 11) is -6.95. The van der Waals surface area contributed by atoms with Crippen molar-refractivity contribution < 1.29 is 31.4 Å². The Hall–Kier alpha value is -1.73. The van der Waals surface area contributed by atoms with Gasteiger partial charge in [-0.05, 0) is 55.7 Å². The number of nitrogens with zero attached hydrogens (tertiary/aromatic N) is 1. The minimum absolute atomic E-state index is 0.00918. The molecule has 2 atom stereocenters. The molecule has 12 heteroatoms. The van der Waals surface area contributed by atoms with Crippen molar-refractivity contribution in [2.75, 3.05) is 39.1 Å². The van der Waals surface area contributed by atoms with E-state index in [1.165, 1.54) is 22.5 Å². The van der Waals surface area contributed by atoms with Gasteiger partial charge in [0.2, 0.25) is 10.0 Å². The Morgan fingerprint density at radius 2 is 1.83 bits per heavy atom. The van der Waals surface area contributed by atoms with E-state index in [1.807, 2.05) is 0 Å². The van der Waals surface area contributed by atoms with Crippen LogP contribution in [0.2, 0.25) is 5.02 Å². The van der Waals surface area contributed by atoms with E-state index in [4.69, 9.17) is 21.1 Å². The minimum atomic E-state index is -3.61. The first-order chi connectivity index (χ1) is 17.0. The zero-order valence-electron chi connectivity index (χ0n) is 20.0. The highest BCUT2D eigenvalue weighted by atomic mass is 35.5. The van der Waals surface area contributed by atoms with Gasteiger partial charge in [-0.15, -0.1) is 0 Å². The fourth-order valence-corrected chi connectivity index (χ4v) is 6.98. The van der Waals surface area contributed by atoms with Gasteiger partial charge in [-0.3, -0.25) is 0 Å². The van der Waals surface area contributed by atoms with Crippen molar-refractivity contribution in [2.24, 2.45) is 0 Å². The molecule has 36 heavy (non-hydrogen) atoms. The van der Waals surface area contributed by atoms with E-state index in [1.54, 1.807) is 30.3 Å². The quantitative estimate of drug-likeness (QED) is 0.480. The van der Waals surface area contributed by atoms with Crippen molar-refractivity contribution in [2.45, 2.75) is 46.8 Å². The normalized spacial score (nSPS) is 21.5. The summed E-state index contributed by atoms with van der Waals surface area (Å²) < 4.78 is 62.4. The smallest absolute Gasteiger partial charge is 0.243 e. The standard InChI is InChI=1S/C24H31ClN2O7S2/c1-35(29,30)22-6-3-5-21(13-22)33-17-20(28)15-26-19-14-24(34-16-19)8-10-27(11-9-24)36(31,32)23-7-2-4-18(25)12-23/h2-7,12-13,19-20,26,28H,8-11,14-17H2,1H3/t19?,20-/m0/s1. The van der Waals surface area contributed by atoms with E-state index in [-0.39, 0.29) is 34.6 Å². The van der Waals surface area contributed by atoms with Gasteiger partial charge >= 0.3 is 0 Å². The average molecular weight is 559 g/mol. The summed E-state index contributed by atoms with van der Waals surface area (Å²) in [6.07, 6.45) is 2.24. The maximum Gasteiger partial charge on any atom is 0.243 e. The monoisotopic (exact) mass is 558 g/mol. The Kier molecular flexibility index (Phi) is 8.30. The number of hydrogen-bond acceptors (Lipinski definition) is 8. The number of piperidine rings is 1. The molecule has 2 aliphatic rings. The zero-order valence-corrected chi connectivity index (χ0v) is 22.4. The van der Waals surface area contributed by atoms with Gasteiger partial charge in [-0.2, -0.15) is 4.31 Å². The molecule has 0 aromatic heterocycles. The predicted octanol–water partition coefficient (Wildman–Crippen LogP) is 2.09. The number of halogens is 1. The molecule has 2 aromatic rings. The van der Waals surface area contributed by atoms with Crippen molar-refractivity contribution in [3.63, 3.8) is 0 Å². The lowest BCUT2D eigenvalue weighted by Crippen LogP contribution is -2.47. The van der Waals surface area contributed by atoms with Crippen LogP contribution in [-0.2, 0) is 24.6 Å². The van der Waals surface area contributed by atoms with Crippen LogP contribution in [0.15, 0.2) is 58.3 Å². The Balaban J connectivity index is 1.23. The summed E-state index contributed by atoms with van der Waals surface area (Å²) in [4.78, 5) is 0.351. The molecular formula is C24H31ClN2O7S2. The van der Waals surface area contributed by atoms with E-state index in [2.05, 4.69) is 5.32 Å². The summed E-state index contributed by atoms with van der Waals surface area (Å²) in [5.41, 5.74) is -0.383. The van der Waals surface area contributed by atoms with E-state index < -0.39 is 26.0 Å². The van der Waals surface area contributed by atoms with Crippen molar-refractivity contribution >= 4 is 31.5 Å². The maximum atomic E-state index is 13.0. The van der Waals surface area contributed by atoms with Crippen molar-refractivity contribution in [1.82, 2.24) is 9.62 Å². The molecule has 2 N–H and O–H groups in total. The Morgan fingerprint density at radius 3 is 2.53 bits per heavy atom. The molecule has 1 unspecified atom stereocenters. The number of sulfonamides is 1. The van der Waals surface area contributed by atoms with Gasteiger partial charge in [0.15, 0.2) is 9.84 Å². The molecule has 0 radical (unpaired) electrons. The second-order valence-electron chi connectivity index (χ2n) is 9.38. The third-order valence-electron chi connectivity index (χ3n) is 6.59. The predicted molar refractivity (Wildman–Crippen MR) is 136 cm³/mol. The van der Waals surface area contributed by atoms with Crippen molar-refractivity contribution in [3.05, 3.63) is 53.6 Å². The molecule has 0 aliphatic carbocycles. The number of hydrogen-bond donors (Lipinski definition) is 2. The van der Waals surface area contributed by atoms with Crippen LogP contribution in [0.4, 0.5) is 0 Å². The first kappa shape index (κ1) is 27.3. The second kappa shape index (κ2) is 10.9. The molecule has 2 heterocycles. The highest BCUT2D eigenvalue weighted by molar-refractivity contribution is 7.90. The van der Waals surface area contributed by atoms with Gasteiger partial charge in [0.1, 0.15) is 18.5 Å².